The molecule has 0 aromatic rings. The maximum atomic E-state index is 12.0. The highest BCUT2D eigenvalue weighted by Crippen LogP contribution is 2.06. The summed E-state index contributed by atoms with van der Waals surface area (Å²) in [6.07, 6.45) is 0. The lowest BCUT2D eigenvalue weighted by molar-refractivity contribution is -0.885. The number of carbonyl (C=O) groups excluding carboxylic acids is 3. The van der Waals surface area contributed by atoms with Crippen LogP contribution in [0.2, 0.25) is 0 Å². The molecule has 0 spiro atoms. The molecule has 1 rings (SSSR count). The van der Waals surface area contributed by atoms with Crippen molar-refractivity contribution in [3.8, 4) is 0 Å². The molecule has 0 bridgehead atoms. The lowest BCUT2D eigenvalue weighted by Crippen LogP contribution is -3.13. The van der Waals surface area contributed by atoms with Crippen LogP contribution >= 0.6 is 0 Å². The maximum Gasteiger partial charge on any atom is 0.337 e. The fraction of sp³-hybridized carbons (Fsp3) is 0.667. The van der Waals surface area contributed by atoms with Crippen molar-refractivity contribution in [3.63, 3.8) is 0 Å². The predicted octanol–water partition coefficient (Wildman–Crippen LogP) is -1.45. The van der Waals surface area contributed by atoms with E-state index in [-0.39, 0.29) is 37.7 Å². The van der Waals surface area contributed by atoms with E-state index >= 15 is 0 Å². The molecule has 0 saturated heterocycles. The first-order valence-corrected chi connectivity index (χ1v) is 7.94. The van der Waals surface area contributed by atoms with Crippen molar-refractivity contribution in [3.05, 3.63) is 11.3 Å². The summed E-state index contributed by atoms with van der Waals surface area (Å²) in [6.45, 7) is 9.23. The van der Waals surface area contributed by atoms with Gasteiger partial charge in [-0.3, -0.25) is 4.79 Å². The second-order valence-electron chi connectivity index (χ2n) is 5.66. The van der Waals surface area contributed by atoms with E-state index in [1.54, 1.807) is 6.92 Å². The van der Waals surface area contributed by atoms with Crippen LogP contribution in [0.4, 0.5) is 4.79 Å². The van der Waals surface area contributed by atoms with E-state index in [1.807, 2.05) is 20.8 Å². The third-order valence-corrected chi connectivity index (χ3v) is 3.36. The molecule has 130 valence electrons. The van der Waals surface area contributed by atoms with Crippen LogP contribution < -0.4 is 20.9 Å². The molecular formula is C15H27N4O4+. The van der Waals surface area contributed by atoms with Gasteiger partial charge in [-0.05, 0) is 27.7 Å². The van der Waals surface area contributed by atoms with Crippen molar-refractivity contribution in [2.75, 3.05) is 32.8 Å². The molecule has 0 saturated carbocycles. The summed E-state index contributed by atoms with van der Waals surface area (Å²) in [4.78, 5) is 36.4. The van der Waals surface area contributed by atoms with Gasteiger partial charge in [-0.1, -0.05) is 0 Å². The van der Waals surface area contributed by atoms with Gasteiger partial charge >= 0.3 is 12.0 Å². The molecule has 1 aliphatic rings. The number of esters is 1. The first-order chi connectivity index (χ1) is 10.9. The van der Waals surface area contributed by atoms with Gasteiger partial charge in [0.2, 0.25) is 0 Å². The molecule has 0 aromatic heterocycles. The first kappa shape index (κ1) is 19.0. The molecular weight excluding hydrogens is 300 g/mol. The fourth-order valence-corrected chi connectivity index (χ4v) is 2.26. The SMILES string of the molecule is CCOC(=O)C1=C(C[NH+](CC)CC(=O)NC(C)C)NC(=O)NC1. The Hall–Kier alpha value is -2.09. The standard InChI is InChI=1S/C15H26N4O4/c1-5-19(9-13(20)17-10(3)4)8-12-11(14(21)23-6-2)7-16-15(22)18-12/h10H,5-9H2,1-4H3,(H,17,20)(H2,16,18,22)/p+1. The quantitative estimate of drug-likeness (QED) is 0.410. The van der Waals surface area contributed by atoms with Crippen LogP contribution in [-0.4, -0.2) is 56.7 Å². The molecule has 8 nitrogen and oxygen atoms in total. The molecule has 1 atom stereocenters. The average molecular weight is 327 g/mol. The van der Waals surface area contributed by atoms with E-state index in [0.717, 1.165) is 4.90 Å². The van der Waals surface area contributed by atoms with E-state index in [9.17, 15) is 14.4 Å². The summed E-state index contributed by atoms with van der Waals surface area (Å²) < 4.78 is 5.02. The smallest absolute Gasteiger partial charge is 0.337 e. The summed E-state index contributed by atoms with van der Waals surface area (Å²) in [5.74, 6) is -0.507. The third-order valence-electron chi connectivity index (χ3n) is 3.36. The molecule has 1 unspecified atom stereocenters. The number of urea groups is 1. The summed E-state index contributed by atoms with van der Waals surface area (Å²) >= 11 is 0. The van der Waals surface area contributed by atoms with Crippen LogP contribution in [0.5, 0.6) is 0 Å². The highest BCUT2D eigenvalue weighted by atomic mass is 16.5. The van der Waals surface area contributed by atoms with Crippen molar-refractivity contribution in [2.24, 2.45) is 0 Å². The van der Waals surface area contributed by atoms with Gasteiger partial charge in [-0.15, -0.1) is 0 Å². The topological polar surface area (TPSA) is 101 Å². The summed E-state index contributed by atoms with van der Waals surface area (Å²) in [6, 6.07) is -0.274. The van der Waals surface area contributed by atoms with Gasteiger partial charge in [0.15, 0.2) is 6.54 Å². The van der Waals surface area contributed by atoms with Crippen molar-refractivity contribution in [1.82, 2.24) is 16.0 Å². The number of hydrogen-bond donors (Lipinski definition) is 4. The number of carbonyl (C=O) groups is 3. The zero-order chi connectivity index (χ0) is 17.4. The second-order valence-corrected chi connectivity index (χ2v) is 5.66. The maximum absolute atomic E-state index is 12.0. The van der Waals surface area contributed by atoms with Crippen molar-refractivity contribution in [1.29, 1.82) is 0 Å². The highest BCUT2D eigenvalue weighted by molar-refractivity contribution is 5.93. The molecule has 0 aromatic carbocycles. The van der Waals surface area contributed by atoms with E-state index in [1.165, 1.54) is 0 Å². The predicted molar refractivity (Wildman–Crippen MR) is 84.7 cm³/mol. The first-order valence-electron chi connectivity index (χ1n) is 7.94. The number of likely N-dealkylation sites (N-methyl/N-ethyl adjacent to an activating group) is 1. The molecule has 0 radical (unpaired) electrons. The Kier molecular flexibility index (Phi) is 7.53. The Balaban J connectivity index is 2.82. The lowest BCUT2D eigenvalue weighted by atomic mass is 10.1. The summed E-state index contributed by atoms with van der Waals surface area (Å²) in [5, 5.41) is 8.06. The molecule has 0 aliphatic carbocycles. The number of nitrogens with one attached hydrogen (secondary N) is 4. The van der Waals surface area contributed by atoms with E-state index < -0.39 is 5.97 Å². The van der Waals surface area contributed by atoms with Crippen molar-refractivity contribution in [2.45, 2.75) is 33.7 Å². The zero-order valence-corrected chi connectivity index (χ0v) is 14.2. The average Bonchev–Trinajstić information content (AvgIpc) is 2.45. The molecule has 3 amide bonds. The van der Waals surface area contributed by atoms with Crippen LogP contribution in [0.15, 0.2) is 11.3 Å². The Morgan fingerprint density at radius 1 is 1.35 bits per heavy atom. The Labute approximate surface area is 136 Å². The van der Waals surface area contributed by atoms with Crippen LogP contribution in [0.25, 0.3) is 0 Å². The zero-order valence-electron chi connectivity index (χ0n) is 14.2. The van der Waals surface area contributed by atoms with Crippen LogP contribution in [0.1, 0.15) is 27.7 Å². The number of amides is 3. The fourth-order valence-electron chi connectivity index (χ4n) is 2.26. The number of rotatable bonds is 8. The third kappa shape index (κ3) is 6.27. The Morgan fingerprint density at radius 3 is 2.61 bits per heavy atom. The molecule has 1 heterocycles. The molecule has 1 aliphatic heterocycles. The molecule has 4 N–H and O–H groups in total. The van der Waals surface area contributed by atoms with Gasteiger partial charge in [0, 0.05) is 6.04 Å². The molecule has 0 fully saturated rings. The van der Waals surface area contributed by atoms with Crippen LogP contribution in [0, 0.1) is 0 Å². The Morgan fingerprint density at radius 2 is 2.04 bits per heavy atom. The summed E-state index contributed by atoms with van der Waals surface area (Å²) in [5.41, 5.74) is 0.920. The summed E-state index contributed by atoms with van der Waals surface area (Å²) in [7, 11) is 0. The Bertz CT molecular complexity index is 488. The van der Waals surface area contributed by atoms with Gasteiger partial charge in [0.25, 0.3) is 5.91 Å². The van der Waals surface area contributed by atoms with Crippen molar-refractivity contribution >= 4 is 17.9 Å². The second kappa shape index (κ2) is 9.14. The van der Waals surface area contributed by atoms with Gasteiger partial charge in [-0.25, -0.2) is 9.59 Å². The van der Waals surface area contributed by atoms with Crippen LogP contribution in [0.3, 0.4) is 0 Å². The minimum absolute atomic E-state index is 0.0598. The lowest BCUT2D eigenvalue weighted by Gasteiger charge is -2.24. The van der Waals surface area contributed by atoms with Gasteiger partial charge in [0.05, 0.1) is 31.0 Å². The minimum atomic E-state index is -0.447. The minimum Gasteiger partial charge on any atom is -0.463 e. The number of quaternary nitrogens is 1. The van der Waals surface area contributed by atoms with E-state index in [0.29, 0.717) is 24.4 Å². The number of hydrogen-bond acceptors (Lipinski definition) is 4. The largest absolute Gasteiger partial charge is 0.463 e. The number of ether oxygens (including phenoxy) is 1. The van der Waals surface area contributed by atoms with Gasteiger partial charge in [0.1, 0.15) is 6.54 Å². The molecule has 8 heteroatoms. The normalized spacial score (nSPS) is 15.8. The van der Waals surface area contributed by atoms with E-state index in [4.69, 9.17) is 4.74 Å². The highest BCUT2D eigenvalue weighted by Gasteiger charge is 2.27. The molecule has 23 heavy (non-hydrogen) atoms. The van der Waals surface area contributed by atoms with Crippen molar-refractivity contribution < 1.29 is 24.0 Å². The van der Waals surface area contributed by atoms with Crippen LogP contribution in [-0.2, 0) is 14.3 Å². The monoisotopic (exact) mass is 327 g/mol. The van der Waals surface area contributed by atoms with E-state index in [2.05, 4.69) is 16.0 Å². The van der Waals surface area contributed by atoms with Gasteiger partial charge in [-0.2, -0.15) is 0 Å². The van der Waals surface area contributed by atoms with Gasteiger partial charge < -0.3 is 25.6 Å².